The summed E-state index contributed by atoms with van der Waals surface area (Å²) in [6, 6.07) is 6.17. The minimum atomic E-state index is -0.337. The summed E-state index contributed by atoms with van der Waals surface area (Å²) in [7, 11) is 4.01. The number of hydrogen-bond donors (Lipinski definition) is 2. The van der Waals surface area contributed by atoms with E-state index in [-0.39, 0.29) is 29.6 Å². The molecule has 1 aromatic carbocycles. The summed E-state index contributed by atoms with van der Waals surface area (Å²) < 4.78 is 13.4. The molecule has 1 aliphatic heterocycles. The predicted octanol–water partition coefficient (Wildman–Crippen LogP) is -0.340. The zero-order chi connectivity index (χ0) is 16.1. The van der Waals surface area contributed by atoms with Crippen LogP contribution in [0, 0.1) is 5.82 Å². The zero-order valence-corrected chi connectivity index (χ0v) is 13.6. The quantitative estimate of drug-likeness (QED) is 0.752. The predicted molar refractivity (Wildman–Crippen MR) is 84.0 cm³/mol. The maximum absolute atomic E-state index is 13.4. The smallest absolute Gasteiger partial charge is 0.239 e. The highest BCUT2D eigenvalue weighted by molar-refractivity contribution is 8.00. The van der Waals surface area contributed by atoms with E-state index >= 15 is 0 Å². The highest BCUT2D eigenvalue weighted by atomic mass is 32.2. The van der Waals surface area contributed by atoms with Gasteiger partial charge in [0.1, 0.15) is 17.7 Å². The Labute approximate surface area is 133 Å². The second kappa shape index (κ2) is 7.60. The van der Waals surface area contributed by atoms with Gasteiger partial charge in [-0.25, -0.2) is 4.39 Å². The van der Waals surface area contributed by atoms with Gasteiger partial charge in [-0.15, -0.1) is 11.8 Å². The van der Waals surface area contributed by atoms with Crippen molar-refractivity contribution in [2.45, 2.75) is 5.37 Å². The molecule has 0 aliphatic carbocycles. The average Bonchev–Trinajstić information content (AvgIpc) is 2.80. The Balaban J connectivity index is 1.98. The molecule has 0 bridgehead atoms. The van der Waals surface area contributed by atoms with Crippen LogP contribution in [0.3, 0.4) is 0 Å². The number of likely N-dealkylation sites (N-methyl/N-ethyl adjacent to an activating group) is 1. The van der Waals surface area contributed by atoms with Crippen molar-refractivity contribution in [1.82, 2.24) is 10.2 Å². The summed E-state index contributed by atoms with van der Waals surface area (Å²) >= 11 is 1.42. The van der Waals surface area contributed by atoms with Crippen LogP contribution in [-0.4, -0.2) is 56.2 Å². The molecular weight excluding hydrogens is 305 g/mol. The fourth-order valence-electron chi connectivity index (χ4n) is 2.22. The molecule has 22 heavy (non-hydrogen) atoms. The van der Waals surface area contributed by atoms with Crippen molar-refractivity contribution in [3.8, 4) is 0 Å². The molecule has 0 unspecified atom stereocenters. The van der Waals surface area contributed by atoms with Crippen LogP contribution < -0.4 is 10.2 Å². The number of nitrogens with one attached hydrogen (secondary N) is 2. The molecule has 1 aromatic rings. The van der Waals surface area contributed by atoms with Gasteiger partial charge in [0.05, 0.1) is 32.9 Å². The Bertz CT molecular complexity index is 553. The summed E-state index contributed by atoms with van der Waals surface area (Å²) in [4.78, 5) is 26.7. The molecule has 1 saturated heterocycles. The molecule has 1 atom stereocenters. The third-order valence-corrected chi connectivity index (χ3v) is 4.62. The van der Waals surface area contributed by atoms with Gasteiger partial charge in [0, 0.05) is 0 Å². The van der Waals surface area contributed by atoms with Gasteiger partial charge >= 0.3 is 0 Å². The fraction of sp³-hybridized carbons (Fsp3) is 0.467. The van der Waals surface area contributed by atoms with E-state index in [9.17, 15) is 14.0 Å². The van der Waals surface area contributed by atoms with Crippen molar-refractivity contribution in [3.05, 3.63) is 35.6 Å². The normalized spacial score (nSPS) is 18.1. The lowest BCUT2D eigenvalue weighted by molar-refractivity contribution is -0.856. The van der Waals surface area contributed by atoms with Crippen molar-refractivity contribution in [2.75, 3.05) is 39.5 Å². The monoisotopic (exact) mass is 326 g/mol. The molecule has 0 spiro atoms. The fourth-order valence-corrected chi connectivity index (χ4v) is 3.40. The van der Waals surface area contributed by atoms with Gasteiger partial charge in [-0.1, -0.05) is 12.1 Å². The molecule has 2 amide bonds. The minimum absolute atomic E-state index is 0.00970. The first-order chi connectivity index (χ1) is 10.5. The Morgan fingerprint density at radius 2 is 2.27 bits per heavy atom. The third kappa shape index (κ3) is 4.45. The Morgan fingerprint density at radius 3 is 2.95 bits per heavy atom. The largest absolute Gasteiger partial charge is 0.349 e. The van der Waals surface area contributed by atoms with E-state index in [0.29, 0.717) is 17.9 Å². The van der Waals surface area contributed by atoms with E-state index in [1.165, 1.54) is 33.7 Å². The summed E-state index contributed by atoms with van der Waals surface area (Å²) in [6.07, 6.45) is 0. The number of quaternary nitrogens is 1. The second-order valence-electron chi connectivity index (χ2n) is 5.55. The number of carbonyl (C=O) groups excluding carboxylic acids is 2. The molecular formula is C15H21FN3O2S+. The van der Waals surface area contributed by atoms with Crippen molar-refractivity contribution in [2.24, 2.45) is 0 Å². The highest BCUT2D eigenvalue weighted by Gasteiger charge is 2.34. The first kappa shape index (κ1) is 16.8. The maximum atomic E-state index is 13.4. The molecule has 0 radical (unpaired) electrons. The van der Waals surface area contributed by atoms with Crippen molar-refractivity contribution >= 4 is 23.6 Å². The van der Waals surface area contributed by atoms with Crippen molar-refractivity contribution in [3.63, 3.8) is 0 Å². The number of nitrogens with zero attached hydrogens (tertiary/aromatic N) is 1. The topological polar surface area (TPSA) is 53.9 Å². The molecule has 1 heterocycles. The van der Waals surface area contributed by atoms with Crippen molar-refractivity contribution < 1.29 is 18.9 Å². The van der Waals surface area contributed by atoms with Crippen LogP contribution in [0.15, 0.2) is 24.3 Å². The number of amides is 2. The van der Waals surface area contributed by atoms with Crippen LogP contribution in [0.4, 0.5) is 4.39 Å². The number of carbonyl (C=O) groups is 2. The first-order valence-corrected chi connectivity index (χ1v) is 8.24. The molecule has 2 rings (SSSR count). The van der Waals surface area contributed by atoms with Crippen LogP contribution in [0.5, 0.6) is 0 Å². The Kier molecular flexibility index (Phi) is 5.79. The lowest BCUT2D eigenvalue weighted by Gasteiger charge is -2.23. The molecule has 0 aromatic heterocycles. The van der Waals surface area contributed by atoms with E-state index in [1.54, 1.807) is 12.1 Å². The van der Waals surface area contributed by atoms with Gasteiger partial charge in [0.15, 0.2) is 0 Å². The van der Waals surface area contributed by atoms with Gasteiger partial charge in [-0.3, -0.25) is 9.59 Å². The lowest BCUT2D eigenvalue weighted by atomic mass is 10.2. The zero-order valence-electron chi connectivity index (χ0n) is 12.8. The van der Waals surface area contributed by atoms with Crippen LogP contribution in [-0.2, 0) is 9.59 Å². The van der Waals surface area contributed by atoms with Gasteiger partial charge in [-0.2, -0.15) is 0 Å². The van der Waals surface area contributed by atoms with Crippen LogP contribution >= 0.6 is 11.8 Å². The maximum Gasteiger partial charge on any atom is 0.239 e. The number of hydrogen-bond acceptors (Lipinski definition) is 3. The Hall–Kier alpha value is -1.60. The van der Waals surface area contributed by atoms with Crippen LogP contribution in [0.1, 0.15) is 10.9 Å². The number of halogens is 1. The van der Waals surface area contributed by atoms with Crippen LogP contribution in [0.25, 0.3) is 0 Å². The van der Waals surface area contributed by atoms with E-state index < -0.39 is 0 Å². The number of rotatable bonds is 6. The van der Waals surface area contributed by atoms with Crippen LogP contribution in [0.2, 0.25) is 0 Å². The summed E-state index contributed by atoms with van der Waals surface area (Å²) in [6.45, 7) is 1.40. The van der Waals surface area contributed by atoms with E-state index in [2.05, 4.69) is 5.32 Å². The van der Waals surface area contributed by atoms with Gasteiger partial charge < -0.3 is 15.1 Å². The van der Waals surface area contributed by atoms with Gasteiger partial charge in [0.2, 0.25) is 11.8 Å². The first-order valence-electron chi connectivity index (χ1n) is 7.19. The Morgan fingerprint density at radius 1 is 1.50 bits per heavy atom. The average molecular weight is 326 g/mol. The van der Waals surface area contributed by atoms with E-state index in [0.717, 1.165) is 6.54 Å². The summed E-state index contributed by atoms with van der Waals surface area (Å²) in [5.41, 5.74) is 0.710. The third-order valence-electron chi connectivity index (χ3n) is 3.36. The molecule has 0 saturated carbocycles. The molecule has 1 aliphatic rings. The van der Waals surface area contributed by atoms with E-state index in [1.807, 2.05) is 14.1 Å². The van der Waals surface area contributed by atoms with Crippen molar-refractivity contribution in [1.29, 1.82) is 0 Å². The molecule has 5 nitrogen and oxygen atoms in total. The number of benzene rings is 1. The second-order valence-corrected chi connectivity index (χ2v) is 6.62. The van der Waals surface area contributed by atoms with Gasteiger partial charge in [0.25, 0.3) is 0 Å². The lowest BCUT2D eigenvalue weighted by Crippen LogP contribution is -3.06. The summed E-state index contributed by atoms with van der Waals surface area (Å²) in [5.74, 6) is -0.294. The minimum Gasteiger partial charge on any atom is -0.349 e. The molecule has 7 heteroatoms. The molecule has 2 N–H and O–H groups in total. The highest BCUT2D eigenvalue weighted by Crippen LogP contribution is 2.38. The van der Waals surface area contributed by atoms with Gasteiger partial charge in [-0.05, 0) is 17.7 Å². The molecule has 120 valence electrons. The standard InChI is InChI=1S/C15H20FN3O2S/c1-18(2)7-6-17-13(20)9-19-14(21)10-22-15(19)11-4-3-5-12(16)8-11/h3-5,8,15H,6-7,9-10H2,1-2H3,(H,17,20)/p+1/t15-/m1/s1. The SMILES string of the molecule is C[NH+](C)CCNC(=O)CN1C(=O)CS[C@@H]1c1cccc(F)c1. The molecule has 1 fully saturated rings. The summed E-state index contributed by atoms with van der Waals surface area (Å²) in [5, 5.41) is 2.51. The number of thioether (sulfide) groups is 1. The van der Waals surface area contributed by atoms with E-state index in [4.69, 9.17) is 0 Å².